The van der Waals surface area contributed by atoms with E-state index in [-0.39, 0.29) is 0 Å². The second-order valence-electron chi connectivity index (χ2n) is 4.49. The number of hydrogen-bond acceptors (Lipinski definition) is 2. The molecule has 0 bridgehead atoms. The maximum absolute atomic E-state index is 4.27. The van der Waals surface area contributed by atoms with Gasteiger partial charge >= 0.3 is 0 Å². The molecule has 0 aromatic carbocycles. The molecule has 0 atom stereocenters. The maximum Gasteiger partial charge on any atom is 0.0352 e. The molecule has 0 aromatic rings. The zero-order valence-corrected chi connectivity index (χ0v) is 9.07. The highest BCUT2D eigenvalue weighted by Crippen LogP contribution is 2.18. The molecule has 0 saturated carbocycles. The highest BCUT2D eigenvalue weighted by atomic mass is 15.3. The zero-order valence-electron chi connectivity index (χ0n) is 9.07. The molecule has 0 aliphatic rings. The van der Waals surface area contributed by atoms with Crippen LogP contribution in [-0.4, -0.2) is 12.3 Å². The van der Waals surface area contributed by atoms with Gasteiger partial charge in [0.15, 0.2) is 0 Å². The molecule has 0 aliphatic heterocycles. The van der Waals surface area contributed by atoms with Crippen LogP contribution >= 0.6 is 0 Å². The van der Waals surface area contributed by atoms with Crippen molar-refractivity contribution in [3.05, 3.63) is 0 Å². The molecule has 0 heterocycles. The summed E-state index contributed by atoms with van der Waals surface area (Å²) in [7, 11) is 0. The SMILES string of the molecule is CCCN/N=C(\C)CC(C)(C)C. The number of rotatable bonds is 4. The minimum atomic E-state index is 0.349. The van der Waals surface area contributed by atoms with Crippen LogP contribution in [0.2, 0.25) is 0 Å². The molecular formula is C10H22N2. The van der Waals surface area contributed by atoms with Crippen molar-refractivity contribution in [3.63, 3.8) is 0 Å². The predicted molar refractivity (Wildman–Crippen MR) is 55.5 cm³/mol. The van der Waals surface area contributed by atoms with Crippen LogP contribution in [0.15, 0.2) is 5.10 Å². The lowest BCUT2D eigenvalue weighted by molar-refractivity contribution is 0.432. The van der Waals surface area contributed by atoms with Gasteiger partial charge in [-0.25, -0.2) is 0 Å². The standard InChI is InChI=1S/C10H22N2/c1-6-7-11-12-9(2)8-10(3,4)5/h11H,6-8H2,1-5H3/b12-9+. The van der Waals surface area contributed by atoms with Gasteiger partial charge < -0.3 is 5.43 Å². The molecule has 72 valence electrons. The first-order valence-corrected chi connectivity index (χ1v) is 4.71. The second kappa shape index (κ2) is 5.18. The monoisotopic (exact) mass is 170 g/mol. The average molecular weight is 170 g/mol. The van der Waals surface area contributed by atoms with Gasteiger partial charge in [-0.05, 0) is 25.2 Å². The van der Waals surface area contributed by atoms with E-state index in [2.05, 4.69) is 45.1 Å². The van der Waals surface area contributed by atoms with E-state index < -0.39 is 0 Å². The number of nitrogens with zero attached hydrogens (tertiary/aromatic N) is 1. The molecule has 12 heavy (non-hydrogen) atoms. The van der Waals surface area contributed by atoms with Crippen LogP contribution in [0.25, 0.3) is 0 Å². The second-order valence-corrected chi connectivity index (χ2v) is 4.49. The summed E-state index contributed by atoms with van der Waals surface area (Å²) in [6.45, 7) is 11.9. The van der Waals surface area contributed by atoms with E-state index >= 15 is 0 Å². The lowest BCUT2D eigenvalue weighted by Crippen LogP contribution is -2.15. The Labute approximate surface area is 76.4 Å². The number of hydrogen-bond donors (Lipinski definition) is 1. The van der Waals surface area contributed by atoms with Gasteiger partial charge in [0.05, 0.1) is 0 Å². The van der Waals surface area contributed by atoms with E-state index in [0.29, 0.717) is 5.41 Å². The fraction of sp³-hybridized carbons (Fsp3) is 0.900. The largest absolute Gasteiger partial charge is 0.310 e. The molecule has 0 unspecified atom stereocenters. The fourth-order valence-corrected chi connectivity index (χ4v) is 1.11. The Balaban J connectivity index is 3.70. The fourth-order valence-electron chi connectivity index (χ4n) is 1.11. The van der Waals surface area contributed by atoms with Gasteiger partial charge in [0.1, 0.15) is 0 Å². The quantitative estimate of drug-likeness (QED) is 0.391. The summed E-state index contributed by atoms with van der Waals surface area (Å²) >= 11 is 0. The van der Waals surface area contributed by atoms with E-state index in [4.69, 9.17) is 0 Å². The van der Waals surface area contributed by atoms with Crippen molar-refractivity contribution >= 4 is 5.71 Å². The van der Waals surface area contributed by atoms with Gasteiger partial charge in [-0.15, -0.1) is 0 Å². The van der Waals surface area contributed by atoms with Gasteiger partial charge in [-0.3, -0.25) is 0 Å². The minimum absolute atomic E-state index is 0.349. The summed E-state index contributed by atoms with van der Waals surface area (Å²) in [5.74, 6) is 0. The summed E-state index contributed by atoms with van der Waals surface area (Å²) in [5, 5.41) is 4.27. The van der Waals surface area contributed by atoms with Gasteiger partial charge in [0.25, 0.3) is 0 Å². The molecule has 0 aliphatic carbocycles. The highest BCUT2D eigenvalue weighted by molar-refractivity contribution is 5.82. The molecule has 0 saturated heterocycles. The number of nitrogens with one attached hydrogen (secondary N) is 1. The Hall–Kier alpha value is -0.530. The molecule has 0 rings (SSSR count). The first-order valence-electron chi connectivity index (χ1n) is 4.71. The van der Waals surface area contributed by atoms with Crippen LogP contribution in [0.5, 0.6) is 0 Å². The Morgan fingerprint density at radius 1 is 1.33 bits per heavy atom. The number of hydrazone groups is 1. The van der Waals surface area contributed by atoms with Gasteiger partial charge in [-0.1, -0.05) is 27.7 Å². The van der Waals surface area contributed by atoms with E-state index in [1.165, 1.54) is 5.71 Å². The smallest absolute Gasteiger partial charge is 0.0352 e. The zero-order chi connectivity index (χ0) is 9.61. The van der Waals surface area contributed by atoms with Crippen molar-refractivity contribution in [2.45, 2.75) is 47.5 Å². The van der Waals surface area contributed by atoms with Crippen LogP contribution in [0.1, 0.15) is 47.5 Å². The van der Waals surface area contributed by atoms with Crippen LogP contribution in [0.4, 0.5) is 0 Å². The van der Waals surface area contributed by atoms with Crippen molar-refractivity contribution in [3.8, 4) is 0 Å². The molecule has 0 radical (unpaired) electrons. The highest BCUT2D eigenvalue weighted by Gasteiger charge is 2.11. The molecule has 0 spiro atoms. The van der Waals surface area contributed by atoms with Crippen molar-refractivity contribution in [1.82, 2.24) is 5.43 Å². The van der Waals surface area contributed by atoms with Crippen molar-refractivity contribution in [1.29, 1.82) is 0 Å². The summed E-state index contributed by atoms with van der Waals surface area (Å²) < 4.78 is 0. The third-order valence-electron chi connectivity index (χ3n) is 1.42. The van der Waals surface area contributed by atoms with E-state index in [1.807, 2.05) is 0 Å². The van der Waals surface area contributed by atoms with Crippen LogP contribution in [-0.2, 0) is 0 Å². The molecule has 0 fully saturated rings. The molecule has 0 amide bonds. The van der Waals surface area contributed by atoms with E-state index in [1.54, 1.807) is 0 Å². The minimum Gasteiger partial charge on any atom is -0.310 e. The third kappa shape index (κ3) is 7.58. The molecule has 0 aromatic heterocycles. The summed E-state index contributed by atoms with van der Waals surface area (Å²) in [6, 6.07) is 0. The van der Waals surface area contributed by atoms with Crippen molar-refractivity contribution in [2.24, 2.45) is 10.5 Å². The third-order valence-corrected chi connectivity index (χ3v) is 1.42. The normalized spacial score (nSPS) is 13.2. The van der Waals surface area contributed by atoms with Gasteiger partial charge in [0, 0.05) is 12.3 Å². The lowest BCUT2D eigenvalue weighted by Gasteiger charge is -2.17. The first-order chi connectivity index (χ1) is 5.45. The van der Waals surface area contributed by atoms with E-state index in [9.17, 15) is 0 Å². The van der Waals surface area contributed by atoms with Crippen molar-refractivity contribution in [2.75, 3.05) is 6.54 Å². The van der Waals surface area contributed by atoms with Crippen LogP contribution in [0.3, 0.4) is 0 Å². The average Bonchev–Trinajstić information content (AvgIpc) is 1.84. The Morgan fingerprint density at radius 3 is 2.33 bits per heavy atom. The lowest BCUT2D eigenvalue weighted by atomic mass is 9.90. The summed E-state index contributed by atoms with van der Waals surface area (Å²) in [5.41, 5.74) is 4.58. The Bertz CT molecular complexity index is 142. The Morgan fingerprint density at radius 2 is 1.92 bits per heavy atom. The van der Waals surface area contributed by atoms with Gasteiger partial charge in [0.2, 0.25) is 0 Å². The van der Waals surface area contributed by atoms with Crippen molar-refractivity contribution < 1.29 is 0 Å². The first kappa shape index (κ1) is 11.5. The summed E-state index contributed by atoms with van der Waals surface area (Å²) in [4.78, 5) is 0. The topological polar surface area (TPSA) is 24.4 Å². The Kier molecular flexibility index (Phi) is 4.95. The van der Waals surface area contributed by atoms with Crippen LogP contribution in [0, 0.1) is 5.41 Å². The van der Waals surface area contributed by atoms with Crippen LogP contribution < -0.4 is 5.43 Å². The molecule has 2 nitrogen and oxygen atoms in total. The predicted octanol–water partition coefficient (Wildman–Crippen LogP) is 2.80. The molecular weight excluding hydrogens is 148 g/mol. The van der Waals surface area contributed by atoms with Gasteiger partial charge in [-0.2, -0.15) is 5.10 Å². The molecule has 1 N–H and O–H groups in total. The maximum atomic E-state index is 4.27. The van der Waals surface area contributed by atoms with E-state index in [0.717, 1.165) is 19.4 Å². The molecule has 2 heteroatoms. The summed E-state index contributed by atoms with van der Waals surface area (Å²) in [6.07, 6.45) is 2.19.